The van der Waals surface area contributed by atoms with Crippen molar-refractivity contribution in [3.8, 4) is 0 Å². The number of furan rings is 1. The molecule has 2 heterocycles. The zero-order valence-corrected chi connectivity index (χ0v) is 11.0. The summed E-state index contributed by atoms with van der Waals surface area (Å²) in [5.74, 6) is 1.03. The van der Waals surface area contributed by atoms with Gasteiger partial charge in [0.05, 0.1) is 24.2 Å². The molecule has 0 saturated carbocycles. The van der Waals surface area contributed by atoms with E-state index >= 15 is 0 Å². The van der Waals surface area contributed by atoms with Gasteiger partial charge < -0.3 is 15.1 Å². The summed E-state index contributed by atoms with van der Waals surface area (Å²) in [5, 5.41) is 0. The Hall–Kier alpha value is -1.94. The van der Waals surface area contributed by atoms with Gasteiger partial charge in [0.25, 0.3) is 0 Å². The molecule has 0 spiro atoms. The second kappa shape index (κ2) is 5.36. The third kappa shape index (κ3) is 2.74. The zero-order chi connectivity index (χ0) is 13.1. The molecule has 0 radical (unpaired) electrons. The van der Waals surface area contributed by atoms with E-state index in [0.717, 1.165) is 49.9 Å². The van der Waals surface area contributed by atoms with Crippen LogP contribution in [-0.2, 0) is 6.54 Å². The first-order valence-corrected chi connectivity index (χ1v) is 6.67. The summed E-state index contributed by atoms with van der Waals surface area (Å²) >= 11 is 0. The lowest BCUT2D eigenvalue weighted by Crippen LogP contribution is -2.46. The fourth-order valence-electron chi connectivity index (χ4n) is 2.55. The molecule has 19 heavy (non-hydrogen) atoms. The van der Waals surface area contributed by atoms with E-state index in [0.29, 0.717) is 0 Å². The third-order valence-corrected chi connectivity index (χ3v) is 3.61. The van der Waals surface area contributed by atoms with Gasteiger partial charge >= 0.3 is 0 Å². The number of benzene rings is 1. The average Bonchev–Trinajstić information content (AvgIpc) is 2.93. The highest BCUT2D eigenvalue weighted by molar-refractivity contribution is 5.67. The van der Waals surface area contributed by atoms with Crippen LogP contribution in [0.1, 0.15) is 5.76 Å². The molecule has 4 heteroatoms. The normalized spacial score (nSPS) is 16.7. The van der Waals surface area contributed by atoms with E-state index in [-0.39, 0.29) is 0 Å². The molecule has 2 N–H and O–H groups in total. The van der Waals surface area contributed by atoms with Crippen molar-refractivity contribution in [1.82, 2.24) is 4.90 Å². The minimum absolute atomic E-state index is 0.863. The van der Waals surface area contributed by atoms with Gasteiger partial charge in [-0.15, -0.1) is 0 Å². The maximum absolute atomic E-state index is 6.03. The van der Waals surface area contributed by atoms with Crippen LogP contribution in [0.4, 0.5) is 11.4 Å². The van der Waals surface area contributed by atoms with Gasteiger partial charge in [-0.3, -0.25) is 4.90 Å². The zero-order valence-electron chi connectivity index (χ0n) is 11.0. The molecule has 1 aromatic heterocycles. The molecule has 1 aliphatic rings. The Morgan fingerprint density at radius 1 is 1.00 bits per heavy atom. The van der Waals surface area contributed by atoms with Gasteiger partial charge in [0.15, 0.2) is 0 Å². The predicted octanol–water partition coefficient (Wildman–Crippen LogP) is 2.18. The molecular formula is C15H19N3O. The van der Waals surface area contributed by atoms with Crippen molar-refractivity contribution in [1.29, 1.82) is 0 Å². The summed E-state index contributed by atoms with van der Waals surface area (Å²) in [5.41, 5.74) is 8.04. The minimum atomic E-state index is 0.863. The number of rotatable bonds is 3. The van der Waals surface area contributed by atoms with E-state index in [4.69, 9.17) is 10.2 Å². The van der Waals surface area contributed by atoms with Crippen molar-refractivity contribution in [2.45, 2.75) is 6.54 Å². The van der Waals surface area contributed by atoms with Crippen LogP contribution in [0.5, 0.6) is 0 Å². The van der Waals surface area contributed by atoms with Gasteiger partial charge in [-0.1, -0.05) is 12.1 Å². The van der Waals surface area contributed by atoms with Gasteiger partial charge in [-0.05, 0) is 24.3 Å². The lowest BCUT2D eigenvalue weighted by molar-refractivity contribution is 0.230. The number of piperazine rings is 1. The number of anilines is 2. The fraction of sp³-hybridized carbons (Fsp3) is 0.333. The van der Waals surface area contributed by atoms with E-state index in [2.05, 4.69) is 15.9 Å². The maximum atomic E-state index is 6.03. The molecule has 0 atom stereocenters. The smallest absolute Gasteiger partial charge is 0.117 e. The van der Waals surface area contributed by atoms with Crippen LogP contribution < -0.4 is 10.6 Å². The molecule has 0 amide bonds. The first-order chi connectivity index (χ1) is 9.33. The molecule has 0 aliphatic carbocycles. The maximum Gasteiger partial charge on any atom is 0.117 e. The van der Waals surface area contributed by atoms with Gasteiger partial charge in [0, 0.05) is 26.2 Å². The first-order valence-electron chi connectivity index (χ1n) is 6.67. The summed E-state index contributed by atoms with van der Waals surface area (Å²) < 4.78 is 5.39. The van der Waals surface area contributed by atoms with E-state index in [1.54, 1.807) is 6.26 Å². The first kappa shape index (κ1) is 12.1. The monoisotopic (exact) mass is 257 g/mol. The Morgan fingerprint density at radius 3 is 2.47 bits per heavy atom. The molecule has 100 valence electrons. The predicted molar refractivity (Wildman–Crippen MR) is 77.1 cm³/mol. The minimum Gasteiger partial charge on any atom is -0.468 e. The highest BCUT2D eigenvalue weighted by atomic mass is 16.3. The number of nitrogen functional groups attached to an aromatic ring is 1. The Morgan fingerprint density at radius 2 is 1.79 bits per heavy atom. The van der Waals surface area contributed by atoms with Crippen LogP contribution >= 0.6 is 0 Å². The van der Waals surface area contributed by atoms with E-state index in [1.807, 2.05) is 30.3 Å². The van der Waals surface area contributed by atoms with Gasteiger partial charge in [-0.2, -0.15) is 0 Å². The number of hydrogen-bond acceptors (Lipinski definition) is 4. The highest BCUT2D eigenvalue weighted by Gasteiger charge is 2.18. The van der Waals surface area contributed by atoms with Gasteiger partial charge in [0.1, 0.15) is 5.76 Å². The quantitative estimate of drug-likeness (QED) is 0.856. The summed E-state index contributed by atoms with van der Waals surface area (Å²) in [4.78, 5) is 4.77. The second-order valence-electron chi connectivity index (χ2n) is 4.90. The average molecular weight is 257 g/mol. The Kier molecular flexibility index (Phi) is 3.42. The molecule has 1 aliphatic heterocycles. The van der Waals surface area contributed by atoms with Crippen molar-refractivity contribution < 1.29 is 4.42 Å². The molecule has 0 unspecified atom stereocenters. The molecule has 1 fully saturated rings. The van der Waals surface area contributed by atoms with E-state index in [9.17, 15) is 0 Å². The number of para-hydroxylation sites is 2. The summed E-state index contributed by atoms with van der Waals surface area (Å²) in [6, 6.07) is 12.0. The van der Waals surface area contributed by atoms with Gasteiger partial charge in [0.2, 0.25) is 0 Å². The molecule has 2 aromatic rings. The summed E-state index contributed by atoms with van der Waals surface area (Å²) in [7, 11) is 0. The lowest BCUT2D eigenvalue weighted by atomic mass is 10.2. The van der Waals surface area contributed by atoms with Gasteiger partial charge in [-0.25, -0.2) is 0 Å². The van der Waals surface area contributed by atoms with Crippen LogP contribution in [0, 0.1) is 0 Å². The fourth-order valence-corrected chi connectivity index (χ4v) is 2.55. The molecule has 4 nitrogen and oxygen atoms in total. The number of nitrogens with two attached hydrogens (primary N) is 1. The molecule has 3 rings (SSSR count). The molecular weight excluding hydrogens is 238 g/mol. The number of nitrogens with zero attached hydrogens (tertiary/aromatic N) is 2. The van der Waals surface area contributed by atoms with Crippen molar-refractivity contribution in [3.63, 3.8) is 0 Å². The largest absolute Gasteiger partial charge is 0.468 e. The van der Waals surface area contributed by atoms with Crippen molar-refractivity contribution in [3.05, 3.63) is 48.4 Å². The molecule has 1 aromatic carbocycles. The number of hydrogen-bond donors (Lipinski definition) is 1. The van der Waals surface area contributed by atoms with E-state index < -0.39 is 0 Å². The summed E-state index contributed by atoms with van der Waals surface area (Å²) in [6.45, 7) is 4.99. The standard InChI is InChI=1S/C15H19N3O/c16-14-5-1-2-6-15(14)18-9-7-17(8-10-18)12-13-4-3-11-19-13/h1-6,11H,7-10,12,16H2. The summed E-state index contributed by atoms with van der Waals surface area (Å²) in [6.07, 6.45) is 1.73. The highest BCUT2D eigenvalue weighted by Crippen LogP contribution is 2.23. The lowest BCUT2D eigenvalue weighted by Gasteiger charge is -2.36. The Labute approximate surface area is 113 Å². The Balaban J connectivity index is 1.59. The van der Waals surface area contributed by atoms with Crippen LogP contribution in [-0.4, -0.2) is 31.1 Å². The van der Waals surface area contributed by atoms with Crippen LogP contribution in [0.25, 0.3) is 0 Å². The van der Waals surface area contributed by atoms with Crippen LogP contribution in [0.2, 0.25) is 0 Å². The van der Waals surface area contributed by atoms with Crippen LogP contribution in [0.3, 0.4) is 0 Å². The Bertz CT molecular complexity index is 516. The molecule has 1 saturated heterocycles. The second-order valence-corrected chi connectivity index (χ2v) is 4.90. The van der Waals surface area contributed by atoms with Crippen molar-refractivity contribution >= 4 is 11.4 Å². The van der Waals surface area contributed by atoms with Crippen LogP contribution in [0.15, 0.2) is 47.1 Å². The van der Waals surface area contributed by atoms with Crippen molar-refractivity contribution in [2.75, 3.05) is 36.8 Å². The third-order valence-electron chi connectivity index (χ3n) is 3.61. The van der Waals surface area contributed by atoms with E-state index in [1.165, 1.54) is 0 Å². The molecule has 0 bridgehead atoms. The SMILES string of the molecule is Nc1ccccc1N1CCN(Cc2ccco2)CC1. The topological polar surface area (TPSA) is 45.6 Å². The van der Waals surface area contributed by atoms with Crippen molar-refractivity contribution in [2.24, 2.45) is 0 Å².